The third-order valence-electron chi connectivity index (χ3n) is 6.10. The van der Waals surface area contributed by atoms with Crippen LogP contribution in [-0.2, 0) is 21.6 Å². The summed E-state index contributed by atoms with van der Waals surface area (Å²) in [5.74, 6) is 0.458. The summed E-state index contributed by atoms with van der Waals surface area (Å²) in [6.45, 7) is 2.66. The largest absolute Gasteiger partial charge is 0.382 e. The van der Waals surface area contributed by atoms with E-state index in [1.165, 1.54) is 10.4 Å². The Balaban J connectivity index is 1.46. The van der Waals surface area contributed by atoms with E-state index in [0.29, 0.717) is 38.5 Å². The van der Waals surface area contributed by atoms with Crippen LogP contribution in [0.1, 0.15) is 42.5 Å². The highest BCUT2D eigenvalue weighted by atomic mass is 32.1. The van der Waals surface area contributed by atoms with Gasteiger partial charge in [-0.3, -0.25) is 4.79 Å². The Kier molecular flexibility index (Phi) is 6.33. The molecule has 1 atom stereocenters. The Labute approximate surface area is 180 Å². The second-order valence-corrected chi connectivity index (χ2v) is 9.22. The van der Waals surface area contributed by atoms with Crippen LogP contribution in [0.5, 0.6) is 0 Å². The number of thiophene rings is 1. The van der Waals surface area contributed by atoms with Crippen molar-refractivity contribution >= 4 is 23.1 Å². The molecule has 2 aliphatic heterocycles. The van der Waals surface area contributed by atoms with Crippen molar-refractivity contribution in [2.24, 2.45) is 11.5 Å². The lowest BCUT2D eigenvalue weighted by Gasteiger charge is -2.44. The van der Waals surface area contributed by atoms with Gasteiger partial charge in [0.05, 0.1) is 41.2 Å². The number of likely N-dealkylation sites (tertiary alicyclic amines) is 1. The first-order valence-corrected chi connectivity index (χ1v) is 11.4. The zero-order valence-corrected chi connectivity index (χ0v) is 18.0. The lowest BCUT2D eigenvalue weighted by Crippen LogP contribution is -2.52. The van der Waals surface area contributed by atoms with Crippen LogP contribution in [0.4, 0.5) is 5.82 Å². The van der Waals surface area contributed by atoms with E-state index >= 15 is 0 Å². The highest BCUT2D eigenvalue weighted by Gasteiger charge is 2.43. The van der Waals surface area contributed by atoms with Crippen LogP contribution in [0.25, 0.3) is 10.6 Å². The SMILES string of the molecule is NCCCC[C@H](N)C(=O)N1CCC2(CC1)OCCc1sc(-c3cnc(N)cn3)cc12. The van der Waals surface area contributed by atoms with Crippen LogP contribution < -0.4 is 17.2 Å². The van der Waals surface area contributed by atoms with Gasteiger partial charge in [-0.15, -0.1) is 11.3 Å². The van der Waals surface area contributed by atoms with Crippen molar-refractivity contribution < 1.29 is 9.53 Å². The van der Waals surface area contributed by atoms with Gasteiger partial charge < -0.3 is 26.8 Å². The van der Waals surface area contributed by atoms with Crippen LogP contribution in [0.15, 0.2) is 18.5 Å². The molecule has 1 saturated heterocycles. The van der Waals surface area contributed by atoms with Gasteiger partial charge in [0.15, 0.2) is 0 Å². The zero-order chi connectivity index (χ0) is 21.1. The highest BCUT2D eigenvalue weighted by Crippen LogP contribution is 2.46. The zero-order valence-electron chi connectivity index (χ0n) is 17.2. The molecule has 4 rings (SSSR count). The van der Waals surface area contributed by atoms with E-state index in [2.05, 4.69) is 16.0 Å². The summed E-state index contributed by atoms with van der Waals surface area (Å²) in [6.07, 6.45) is 8.25. The average Bonchev–Trinajstić information content (AvgIpc) is 3.20. The number of nitrogens with zero attached hydrogens (tertiary/aromatic N) is 3. The van der Waals surface area contributed by atoms with Gasteiger partial charge in [0.2, 0.25) is 5.91 Å². The number of hydrogen-bond acceptors (Lipinski definition) is 8. The summed E-state index contributed by atoms with van der Waals surface area (Å²) in [5.41, 5.74) is 19.1. The predicted molar refractivity (Wildman–Crippen MR) is 118 cm³/mol. The number of nitrogens with two attached hydrogens (primary N) is 3. The van der Waals surface area contributed by atoms with Crippen molar-refractivity contribution in [2.75, 3.05) is 32.0 Å². The van der Waals surface area contributed by atoms with Crippen molar-refractivity contribution in [1.82, 2.24) is 14.9 Å². The molecule has 4 heterocycles. The van der Waals surface area contributed by atoms with Gasteiger partial charge in [-0.05, 0) is 43.9 Å². The Morgan fingerprint density at radius 2 is 2.07 bits per heavy atom. The number of carbonyl (C=O) groups is 1. The quantitative estimate of drug-likeness (QED) is 0.593. The molecule has 30 heavy (non-hydrogen) atoms. The molecule has 0 aromatic carbocycles. The van der Waals surface area contributed by atoms with Crippen molar-refractivity contribution in [2.45, 2.75) is 50.2 Å². The van der Waals surface area contributed by atoms with Gasteiger partial charge in [0.25, 0.3) is 0 Å². The smallest absolute Gasteiger partial charge is 0.239 e. The standard InChI is InChI=1S/C21H30N6O2S/c22-7-2-1-3-15(23)20(28)27-8-5-21(6-9-27)14-11-18(30-17(14)4-10-29-21)16-12-26-19(24)13-25-16/h11-13,15H,1-10,22-23H2,(H2,24,26)/t15-/m0/s1. The average molecular weight is 431 g/mol. The fourth-order valence-electron chi connectivity index (χ4n) is 4.38. The van der Waals surface area contributed by atoms with Crippen LogP contribution in [0.2, 0.25) is 0 Å². The maximum absolute atomic E-state index is 12.7. The lowest BCUT2D eigenvalue weighted by molar-refractivity contribution is -0.142. The van der Waals surface area contributed by atoms with Crippen LogP contribution in [0, 0.1) is 0 Å². The van der Waals surface area contributed by atoms with Crippen LogP contribution in [-0.4, -0.2) is 53.1 Å². The molecule has 8 nitrogen and oxygen atoms in total. The number of piperidine rings is 1. The first-order valence-electron chi connectivity index (χ1n) is 10.6. The number of hydrogen-bond donors (Lipinski definition) is 3. The monoisotopic (exact) mass is 430 g/mol. The predicted octanol–water partition coefficient (Wildman–Crippen LogP) is 1.63. The molecule has 2 aromatic rings. The number of aromatic nitrogens is 2. The summed E-state index contributed by atoms with van der Waals surface area (Å²) in [5, 5.41) is 0. The first kappa shape index (κ1) is 21.2. The third kappa shape index (κ3) is 4.20. The summed E-state index contributed by atoms with van der Waals surface area (Å²) in [6, 6.07) is 1.75. The molecule has 0 unspecified atom stereocenters. The van der Waals surface area contributed by atoms with Gasteiger partial charge in [-0.1, -0.05) is 6.42 Å². The topological polar surface area (TPSA) is 133 Å². The van der Waals surface area contributed by atoms with E-state index in [4.69, 9.17) is 21.9 Å². The number of fused-ring (bicyclic) bond motifs is 2. The molecule has 9 heteroatoms. The molecule has 0 aliphatic carbocycles. The maximum Gasteiger partial charge on any atom is 0.239 e. The van der Waals surface area contributed by atoms with E-state index < -0.39 is 6.04 Å². The van der Waals surface area contributed by atoms with E-state index in [1.54, 1.807) is 23.7 Å². The van der Waals surface area contributed by atoms with E-state index in [9.17, 15) is 4.79 Å². The van der Waals surface area contributed by atoms with E-state index in [0.717, 1.165) is 42.7 Å². The van der Waals surface area contributed by atoms with Gasteiger partial charge >= 0.3 is 0 Å². The summed E-state index contributed by atoms with van der Waals surface area (Å²) in [4.78, 5) is 25.6. The first-order chi connectivity index (χ1) is 14.5. The minimum Gasteiger partial charge on any atom is -0.382 e. The molecule has 0 radical (unpaired) electrons. The fraction of sp³-hybridized carbons (Fsp3) is 0.571. The highest BCUT2D eigenvalue weighted by molar-refractivity contribution is 7.15. The van der Waals surface area contributed by atoms with E-state index in [1.807, 2.05) is 4.90 Å². The molecule has 1 fully saturated rings. The molecule has 162 valence electrons. The van der Waals surface area contributed by atoms with Crippen LogP contribution >= 0.6 is 11.3 Å². The van der Waals surface area contributed by atoms with Crippen molar-refractivity contribution in [3.05, 3.63) is 28.9 Å². The van der Waals surface area contributed by atoms with Gasteiger partial charge in [0.1, 0.15) is 5.82 Å². The van der Waals surface area contributed by atoms with Gasteiger partial charge in [-0.25, -0.2) is 9.97 Å². The van der Waals surface area contributed by atoms with Crippen molar-refractivity contribution in [3.63, 3.8) is 0 Å². The number of unbranched alkanes of at least 4 members (excludes halogenated alkanes) is 1. The third-order valence-corrected chi connectivity index (χ3v) is 7.32. The number of anilines is 1. The number of carbonyl (C=O) groups excluding carboxylic acids is 1. The van der Waals surface area contributed by atoms with Crippen LogP contribution in [0.3, 0.4) is 0 Å². The van der Waals surface area contributed by atoms with E-state index in [-0.39, 0.29) is 11.5 Å². The molecule has 1 spiro atoms. The number of amides is 1. The number of ether oxygens (including phenoxy) is 1. The molecule has 0 saturated carbocycles. The Bertz CT molecular complexity index is 876. The number of nitrogen functional groups attached to an aromatic ring is 1. The summed E-state index contributed by atoms with van der Waals surface area (Å²) in [7, 11) is 0. The molecule has 6 N–H and O–H groups in total. The van der Waals surface area contributed by atoms with Crippen molar-refractivity contribution in [3.8, 4) is 10.6 Å². The molecular weight excluding hydrogens is 400 g/mol. The Morgan fingerprint density at radius 1 is 1.27 bits per heavy atom. The fourth-order valence-corrected chi connectivity index (χ4v) is 5.57. The molecular formula is C21H30N6O2S. The Hall–Kier alpha value is -2.07. The lowest BCUT2D eigenvalue weighted by atomic mass is 9.82. The summed E-state index contributed by atoms with van der Waals surface area (Å²) >= 11 is 1.75. The molecule has 2 aromatic heterocycles. The minimum atomic E-state index is -0.440. The molecule has 2 aliphatic rings. The number of rotatable bonds is 6. The minimum absolute atomic E-state index is 0.0426. The normalized spacial score (nSPS) is 18.9. The van der Waals surface area contributed by atoms with Gasteiger partial charge in [0, 0.05) is 24.4 Å². The molecule has 0 bridgehead atoms. The Morgan fingerprint density at radius 3 is 2.77 bits per heavy atom. The maximum atomic E-state index is 12.7. The second-order valence-electron chi connectivity index (χ2n) is 8.08. The molecule has 1 amide bonds. The second kappa shape index (κ2) is 8.97. The summed E-state index contributed by atoms with van der Waals surface area (Å²) < 4.78 is 6.34. The van der Waals surface area contributed by atoms with Crippen molar-refractivity contribution in [1.29, 1.82) is 0 Å². The van der Waals surface area contributed by atoms with Gasteiger partial charge in [-0.2, -0.15) is 0 Å².